The third-order valence-electron chi connectivity index (χ3n) is 12.1. The minimum absolute atomic E-state index is 0.0150. The minimum Gasteiger partial charge on any atom is -0.508 e. The van der Waals surface area contributed by atoms with Crippen molar-refractivity contribution in [3.05, 3.63) is 131 Å². The molecular weight excluding hydrogens is 902 g/mol. The van der Waals surface area contributed by atoms with E-state index in [0.717, 1.165) is 21.1 Å². The van der Waals surface area contributed by atoms with Gasteiger partial charge in [-0.2, -0.15) is 0 Å². The number of aromatic nitrogens is 6. The van der Waals surface area contributed by atoms with Crippen LogP contribution in [0.5, 0.6) is 11.5 Å². The number of aromatic hydroxyl groups is 1. The van der Waals surface area contributed by atoms with Gasteiger partial charge in [0.2, 0.25) is 0 Å². The van der Waals surface area contributed by atoms with Crippen LogP contribution in [-0.4, -0.2) is 149 Å². The molecule has 1 amide bonds. The number of carbonyl (C=O) groups excluding carboxylic acids is 2. The third kappa shape index (κ3) is 8.83. The van der Waals surface area contributed by atoms with Crippen LogP contribution in [0.25, 0.3) is 11.3 Å². The van der Waals surface area contributed by atoms with Crippen LogP contribution in [0.1, 0.15) is 55.5 Å². The summed E-state index contributed by atoms with van der Waals surface area (Å²) in [4.78, 5) is 38.5. The Kier molecular flexibility index (Phi) is 12.8. The van der Waals surface area contributed by atoms with Gasteiger partial charge in [-0.25, -0.2) is 18.5 Å². The highest BCUT2D eigenvalue weighted by Crippen LogP contribution is 2.49. The maximum absolute atomic E-state index is 13.9. The lowest BCUT2D eigenvalue weighted by atomic mass is 9.74. The number of allylic oxidation sites excluding steroid dienone is 3. The van der Waals surface area contributed by atoms with Gasteiger partial charge in [0.05, 0.1) is 37.7 Å². The predicted octanol–water partition coefficient (Wildman–Crippen LogP) is 0.566. The maximum atomic E-state index is 13.9. The largest absolute Gasteiger partial charge is 0.508 e. The summed E-state index contributed by atoms with van der Waals surface area (Å²) in [5.41, 5.74) is -1.22. The van der Waals surface area contributed by atoms with E-state index in [-0.39, 0.29) is 52.1 Å². The molecule has 5 aromatic rings. The van der Waals surface area contributed by atoms with Crippen LogP contribution in [0.3, 0.4) is 0 Å². The molecule has 4 aliphatic rings. The molecule has 2 fully saturated rings. The quantitative estimate of drug-likeness (QED) is 0.0826. The topological polar surface area (TPSA) is 314 Å². The molecule has 3 aromatic carbocycles. The van der Waals surface area contributed by atoms with E-state index in [1.54, 1.807) is 18.2 Å². The molecule has 1 aliphatic carbocycles. The van der Waals surface area contributed by atoms with Crippen LogP contribution in [0.2, 0.25) is 0 Å². The van der Waals surface area contributed by atoms with Crippen molar-refractivity contribution in [1.29, 1.82) is 0 Å². The maximum Gasteiger partial charge on any atom is 0.336 e. The Labute approximate surface area is 382 Å². The second kappa shape index (κ2) is 18.7. The Hall–Kier alpha value is -6.41. The zero-order valence-corrected chi connectivity index (χ0v) is 35.5. The van der Waals surface area contributed by atoms with Gasteiger partial charge in [0.1, 0.15) is 94.0 Å². The third-order valence-corrected chi connectivity index (χ3v) is 13.4. The number of halogens is 1. The molecule has 5 heterocycles. The van der Waals surface area contributed by atoms with Crippen molar-refractivity contribution < 1.29 is 73.8 Å². The van der Waals surface area contributed by atoms with E-state index in [1.807, 2.05) is 0 Å². The van der Waals surface area contributed by atoms with E-state index >= 15 is 0 Å². The first-order valence-corrected chi connectivity index (χ1v) is 21.8. The van der Waals surface area contributed by atoms with Crippen molar-refractivity contribution in [2.45, 2.75) is 72.0 Å². The number of rotatable bonds is 12. The number of aliphatic hydroxyl groups is 6. The van der Waals surface area contributed by atoms with Gasteiger partial charge < -0.3 is 60.4 Å². The molecule has 23 heteroatoms. The number of aliphatic hydroxyl groups excluding tert-OH is 6. The Morgan fingerprint density at radius 1 is 0.821 bits per heavy atom. The summed E-state index contributed by atoms with van der Waals surface area (Å²) in [6.45, 7) is -1.65. The number of nitrogens with one attached hydrogen (secondary N) is 1. The zero-order chi connectivity index (χ0) is 47.3. The van der Waals surface area contributed by atoms with Crippen molar-refractivity contribution in [3.63, 3.8) is 0 Å². The Bertz CT molecular complexity index is 2770. The van der Waals surface area contributed by atoms with Crippen molar-refractivity contribution in [2.24, 2.45) is 5.92 Å². The number of ether oxygens (including phenoxy) is 3. The number of phenols is 1. The smallest absolute Gasteiger partial charge is 0.336 e. The van der Waals surface area contributed by atoms with Crippen molar-refractivity contribution in [1.82, 2.24) is 35.3 Å². The standard InChI is InChI=1S/C44H42FN7O14S/c45-21-3-1-2-19(10-21)29-16-52(50-48-29)36-38(58)33(18-54)66-44(40(36)60)67-43-39(59)35(37(57)32(17-53)65-43)51-15-22(47-49-51)14-46-41(61)20-4-7-25(28(11-20)42(62)63)34-26-8-5-23(55)12-30(26)64-31-13-24(56)6-9-27(31)34/h1-13,15-16,26,32-40,43-44,53-54,56-60H,14,17-18H2,(H,46,61)(H,62,63)/t26?,32-,33?,34?,35?,36?,37?,38+,39-,40?,43+,44+/m1/s1. The lowest BCUT2D eigenvalue weighted by molar-refractivity contribution is -0.189. The van der Waals surface area contributed by atoms with E-state index in [0.29, 0.717) is 16.7 Å². The Morgan fingerprint density at radius 3 is 2.16 bits per heavy atom. The number of hydrogen-bond donors (Lipinski definition) is 9. The number of aromatic carboxylic acids is 1. The molecule has 9 N–H and O–H groups in total. The number of carbonyl (C=O) groups is 3. The van der Waals surface area contributed by atoms with Crippen LogP contribution >= 0.6 is 11.8 Å². The molecule has 12 atom stereocenters. The summed E-state index contributed by atoms with van der Waals surface area (Å²) in [6.07, 6.45) is -1.83. The molecule has 0 radical (unpaired) electrons. The Morgan fingerprint density at radius 2 is 1.49 bits per heavy atom. The monoisotopic (exact) mass is 943 g/mol. The number of amides is 1. The number of hydrogen-bond acceptors (Lipinski definition) is 18. The average Bonchev–Trinajstić information content (AvgIpc) is 4.00. The van der Waals surface area contributed by atoms with Gasteiger partial charge in [0, 0.05) is 40.7 Å². The lowest BCUT2D eigenvalue weighted by Crippen LogP contribution is -2.58. The van der Waals surface area contributed by atoms with Gasteiger partial charge in [-0.1, -0.05) is 52.5 Å². The molecule has 21 nitrogen and oxygen atoms in total. The van der Waals surface area contributed by atoms with E-state index in [4.69, 9.17) is 14.2 Å². The average molecular weight is 944 g/mol. The normalized spacial score (nSPS) is 29.1. The lowest BCUT2D eigenvalue weighted by Gasteiger charge is -2.46. The summed E-state index contributed by atoms with van der Waals surface area (Å²) in [6, 6.07) is 11.6. The number of benzene rings is 3. The summed E-state index contributed by atoms with van der Waals surface area (Å²) in [5, 5.41) is 105. The molecule has 0 spiro atoms. The summed E-state index contributed by atoms with van der Waals surface area (Å²) in [5.74, 6) is -3.65. The van der Waals surface area contributed by atoms with Crippen LogP contribution in [0, 0.1) is 11.7 Å². The highest BCUT2D eigenvalue weighted by molar-refractivity contribution is 8.00. The molecule has 0 bridgehead atoms. The number of nitrogens with zero attached hydrogens (tertiary/aromatic N) is 6. The molecule has 350 valence electrons. The molecular formula is C44H42FN7O14S. The fourth-order valence-electron chi connectivity index (χ4n) is 8.79. The van der Waals surface area contributed by atoms with E-state index in [1.165, 1.54) is 73.1 Å². The van der Waals surface area contributed by atoms with Gasteiger partial charge in [-0.15, -0.1) is 10.2 Å². The van der Waals surface area contributed by atoms with Crippen molar-refractivity contribution >= 4 is 29.4 Å². The number of carboxylic acid groups (broad SMARTS) is 1. The summed E-state index contributed by atoms with van der Waals surface area (Å²) in [7, 11) is 0. The number of thioether (sulfide) groups is 1. The van der Waals surface area contributed by atoms with Crippen molar-refractivity contribution in [2.75, 3.05) is 13.2 Å². The van der Waals surface area contributed by atoms with E-state index in [9.17, 15) is 59.6 Å². The molecule has 2 aromatic heterocycles. The highest BCUT2D eigenvalue weighted by Gasteiger charge is 2.52. The molecule has 0 saturated carbocycles. The molecule has 2 saturated heterocycles. The number of phenolic OH excluding ortho intramolecular Hbond substituents is 1. The van der Waals surface area contributed by atoms with Gasteiger partial charge >= 0.3 is 5.97 Å². The van der Waals surface area contributed by atoms with E-state index in [2.05, 4.69) is 25.9 Å². The first-order valence-electron chi connectivity index (χ1n) is 20.8. The van der Waals surface area contributed by atoms with Gasteiger partial charge in [-0.05, 0) is 42.0 Å². The fourth-order valence-corrected chi connectivity index (χ4v) is 10.1. The van der Waals surface area contributed by atoms with Crippen molar-refractivity contribution in [3.8, 4) is 22.8 Å². The highest BCUT2D eigenvalue weighted by atomic mass is 32.2. The van der Waals surface area contributed by atoms with Gasteiger partial charge in [0.25, 0.3) is 5.91 Å². The van der Waals surface area contributed by atoms with Crippen LogP contribution in [-0.2, 0) is 20.8 Å². The number of carboxylic acids is 1. The molecule has 9 rings (SSSR count). The van der Waals surface area contributed by atoms with Gasteiger partial charge in [0.15, 0.2) is 5.78 Å². The number of fused-ring (bicyclic) bond motifs is 2. The van der Waals surface area contributed by atoms with Crippen LogP contribution < -0.4 is 10.1 Å². The van der Waals surface area contributed by atoms with Crippen LogP contribution in [0.4, 0.5) is 4.39 Å². The fraction of sp³-hybridized carbons (Fsp3) is 0.341. The van der Waals surface area contributed by atoms with Crippen LogP contribution in [0.15, 0.2) is 97.0 Å². The SMILES string of the molecule is O=C1C=CC2C(=C1)Oc1cc(O)ccc1C2c1ccc(C(=O)NCc2cn(C3C(O)[C@@H](CO)O[C@@H](S[C@@H]4OC(CO)[C@H](O)C(n5cc(-c6cccc(F)c6)nn5)C4O)[C@@H]3O)nn2)cc1C(=O)O. The second-order valence-electron chi connectivity index (χ2n) is 16.2. The summed E-state index contributed by atoms with van der Waals surface area (Å²) < 4.78 is 33.9. The number of ketones is 1. The first-order chi connectivity index (χ1) is 32.2. The molecule has 67 heavy (non-hydrogen) atoms. The second-order valence-corrected chi connectivity index (χ2v) is 17.4. The van der Waals surface area contributed by atoms with E-state index < -0.39 is 102 Å². The first kappa shape index (κ1) is 45.7. The Balaban J connectivity index is 0.901. The summed E-state index contributed by atoms with van der Waals surface area (Å²) >= 11 is 0.740. The predicted molar refractivity (Wildman–Crippen MR) is 227 cm³/mol. The zero-order valence-electron chi connectivity index (χ0n) is 34.7. The molecule has 3 aliphatic heterocycles. The minimum atomic E-state index is -1.62. The van der Waals surface area contributed by atoms with Gasteiger partial charge in [-0.3, -0.25) is 9.59 Å². The molecule has 7 unspecified atom stereocenters.